The van der Waals surface area contributed by atoms with E-state index in [2.05, 4.69) is 10.1 Å². The largest absolute Gasteiger partial charge is 0.486 e. The van der Waals surface area contributed by atoms with E-state index in [1.54, 1.807) is 30.3 Å². The second kappa shape index (κ2) is 7.94. The molecule has 0 spiro atoms. The van der Waals surface area contributed by atoms with Gasteiger partial charge in [-0.3, -0.25) is 10.1 Å². The normalized spacial score (nSPS) is 10.8. The molecule has 0 radical (unpaired) electrons. The van der Waals surface area contributed by atoms with Gasteiger partial charge in [-0.25, -0.2) is 0 Å². The number of ether oxygens (including phenoxy) is 1. The van der Waals surface area contributed by atoms with Crippen LogP contribution in [0.15, 0.2) is 63.5 Å². The van der Waals surface area contributed by atoms with Crippen LogP contribution in [0, 0.1) is 10.1 Å². The predicted octanol–water partition coefficient (Wildman–Crippen LogP) is 5.79. The van der Waals surface area contributed by atoms with Crippen LogP contribution in [-0.4, -0.2) is 15.1 Å². The van der Waals surface area contributed by atoms with Crippen LogP contribution >= 0.6 is 23.2 Å². The summed E-state index contributed by atoms with van der Waals surface area (Å²) in [6, 6.07) is 14.1. The lowest BCUT2D eigenvalue weighted by molar-refractivity contribution is -0.384. The molecule has 0 aliphatic heterocycles. The van der Waals surface area contributed by atoms with Gasteiger partial charge >= 0.3 is 0 Å². The lowest BCUT2D eigenvalue weighted by Crippen LogP contribution is -1.94. The molecule has 0 bridgehead atoms. The average Bonchev–Trinajstić information content (AvgIpc) is 3.36. The molecule has 2 aromatic carbocycles. The molecule has 4 aromatic rings. The van der Waals surface area contributed by atoms with E-state index in [1.165, 1.54) is 24.3 Å². The van der Waals surface area contributed by atoms with Gasteiger partial charge in [0.25, 0.3) is 11.6 Å². The number of nitrogens with zero attached hydrogens (tertiary/aromatic N) is 3. The van der Waals surface area contributed by atoms with Crippen molar-refractivity contribution in [1.29, 1.82) is 0 Å². The van der Waals surface area contributed by atoms with Gasteiger partial charge in [-0.2, -0.15) is 4.98 Å². The van der Waals surface area contributed by atoms with Gasteiger partial charge < -0.3 is 13.7 Å². The van der Waals surface area contributed by atoms with E-state index in [4.69, 9.17) is 36.9 Å². The Labute approximate surface area is 173 Å². The van der Waals surface area contributed by atoms with E-state index in [0.717, 1.165) is 0 Å². The van der Waals surface area contributed by atoms with Crippen LogP contribution in [0.1, 0.15) is 5.76 Å². The van der Waals surface area contributed by atoms with Crippen molar-refractivity contribution in [3.8, 4) is 28.8 Å². The zero-order valence-corrected chi connectivity index (χ0v) is 16.1. The molecule has 29 heavy (non-hydrogen) atoms. The van der Waals surface area contributed by atoms with Crippen molar-refractivity contribution >= 4 is 28.9 Å². The highest BCUT2D eigenvalue weighted by Gasteiger charge is 2.16. The minimum absolute atomic E-state index is 0.00868. The maximum atomic E-state index is 10.7. The zero-order chi connectivity index (χ0) is 20.4. The van der Waals surface area contributed by atoms with Crippen molar-refractivity contribution in [1.82, 2.24) is 10.1 Å². The Balaban J connectivity index is 1.45. The van der Waals surface area contributed by atoms with Crippen LogP contribution in [0.5, 0.6) is 5.75 Å². The summed E-state index contributed by atoms with van der Waals surface area (Å²) >= 11 is 12.1. The minimum atomic E-state index is -0.474. The van der Waals surface area contributed by atoms with E-state index < -0.39 is 4.92 Å². The van der Waals surface area contributed by atoms with E-state index in [1.807, 2.05) is 0 Å². The molecule has 10 heteroatoms. The minimum Gasteiger partial charge on any atom is -0.486 e. The Kier molecular flexibility index (Phi) is 5.20. The number of furan rings is 1. The summed E-state index contributed by atoms with van der Waals surface area (Å²) in [6.07, 6.45) is 0. The highest BCUT2D eigenvalue weighted by molar-refractivity contribution is 6.36. The van der Waals surface area contributed by atoms with E-state index in [9.17, 15) is 10.1 Å². The van der Waals surface area contributed by atoms with Gasteiger partial charge in [0, 0.05) is 22.7 Å². The summed E-state index contributed by atoms with van der Waals surface area (Å²) in [5.74, 6) is 1.86. The fraction of sp³-hybridized carbons (Fsp3) is 0.0526. The third-order valence-corrected chi connectivity index (χ3v) is 4.45. The maximum Gasteiger partial charge on any atom is 0.293 e. The van der Waals surface area contributed by atoms with Crippen LogP contribution in [0.4, 0.5) is 5.69 Å². The summed E-state index contributed by atoms with van der Waals surface area (Å²) < 4.78 is 16.5. The first-order valence-electron chi connectivity index (χ1n) is 8.25. The number of halogens is 2. The Hall–Kier alpha value is -3.36. The first kappa shape index (κ1) is 19.0. The van der Waals surface area contributed by atoms with Gasteiger partial charge in [0.1, 0.15) is 18.1 Å². The van der Waals surface area contributed by atoms with Crippen molar-refractivity contribution in [3.63, 3.8) is 0 Å². The maximum absolute atomic E-state index is 10.7. The van der Waals surface area contributed by atoms with Crippen molar-refractivity contribution in [2.24, 2.45) is 0 Å². The van der Waals surface area contributed by atoms with Gasteiger partial charge in [0.2, 0.25) is 5.82 Å². The Morgan fingerprint density at radius 2 is 1.86 bits per heavy atom. The van der Waals surface area contributed by atoms with Gasteiger partial charge in [-0.05, 0) is 42.5 Å². The average molecular weight is 432 g/mol. The fourth-order valence-corrected chi connectivity index (χ4v) is 2.99. The Morgan fingerprint density at radius 3 is 2.59 bits per heavy atom. The third-order valence-electron chi connectivity index (χ3n) is 3.90. The van der Waals surface area contributed by atoms with Crippen molar-refractivity contribution in [3.05, 3.63) is 80.5 Å². The monoisotopic (exact) mass is 431 g/mol. The summed E-state index contributed by atoms with van der Waals surface area (Å²) in [6.45, 7) is 0.127. The van der Waals surface area contributed by atoms with Gasteiger partial charge in [0.05, 0.1) is 9.95 Å². The number of aromatic nitrogens is 2. The smallest absolute Gasteiger partial charge is 0.293 e. The van der Waals surface area contributed by atoms with Crippen molar-refractivity contribution in [2.75, 3.05) is 0 Å². The molecule has 0 aliphatic carbocycles. The molecular formula is C19H11Cl2N3O5. The second-order valence-corrected chi connectivity index (χ2v) is 6.70. The molecule has 0 amide bonds. The number of nitro benzene ring substituents is 1. The number of nitro groups is 1. The first-order valence-corrected chi connectivity index (χ1v) is 9.00. The SMILES string of the molecule is O=[N+]([O-])c1ccc(OCc2ccc(-c3nc(-c4ccc(Cl)cc4Cl)no3)o2)cc1. The van der Waals surface area contributed by atoms with Crippen LogP contribution in [-0.2, 0) is 6.61 Å². The standard InChI is InChI=1S/C19H11Cl2N3O5/c20-11-1-7-15(16(21)9-11)18-22-19(29-23-18)17-8-6-14(28-17)10-27-13-4-2-12(3-5-13)24(25)26/h1-9H,10H2. The summed E-state index contributed by atoms with van der Waals surface area (Å²) in [7, 11) is 0. The van der Waals surface area contributed by atoms with E-state index >= 15 is 0 Å². The van der Waals surface area contributed by atoms with Crippen LogP contribution in [0.25, 0.3) is 23.0 Å². The lowest BCUT2D eigenvalue weighted by atomic mass is 10.2. The van der Waals surface area contributed by atoms with Crippen molar-refractivity contribution in [2.45, 2.75) is 6.61 Å². The summed E-state index contributed by atoms with van der Waals surface area (Å²) in [4.78, 5) is 14.5. The summed E-state index contributed by atoms with van der Waals surface area (Å²) in [5.41, 5.74) is 0.574. The zero-order valence-electron chi connectivity index (χ0n) is 14.5. The quantitative estimate of drug-likeness (QED) is 0.281. The Bertz CT molecular complexity index is 1170. The van der Waals surface area contributed by atoms with E-state index in [0.29, 0.717) is 38.7 Å². The molecule has 8 nitrogen and oxygen atoms in total. The topological polar surface area (TPSA) is 104 Å². The molecule has 0 aliphatic rings. The van der Waals surface area contributed by atoms with Crippen LogP contribution in [0.2, 0.25) is 10.0 Å². The third kappa shape index (κ3) is 4.23. The van der Waals surface area contributed by atoms with Crippen molar-refractivity contribution < 1.29 is 18.6 Å². The molecule has 4 rings (SSSR count). The second-order valence-electron chi connectivity index (χ2n) is 5.85. The number of non-ortho nitro benzene ring substituents is 1. The lowest BCUT2D eigenvalue weighted by Gasteiger charge is -2.03. The molecular weight excluding hydrogens is 421 g/mol. The number of hydrogen-bond acceptors (Lipinski definition) is 7. The number of rotatable bonds is 6. The molecule has 146 valence electrons. The van der Waals surface area contributed by atoms with Gasteiger partial charge in [0.15, 0.2) is 5.76 Å². The predicted molar refractivity (Wildman–Crippen MR) is 105 cm³/mol. The van der Waals surface area contributed by atoms with Gasteiger partial charge in [-0.15, -0.1) is 0 Å². The highest BCUT2D eigenvalue weighted by atomic mass is 35.5. The molecule has 2 aromatic heterocycles. The van der Waals surface area contributed by atoms with Crippen LogP contribution in [0.3, 0.4) is 0 Å². The number of hydrogen-bond donors (Lipinski definition) is 0. The molecule has 0 N–H and O–H groups in total. The molecule has 0 atom stereocenters. The number of benzene rings is 2. The summed E-state index contributed by atoms with van der Waals surface area (Å²) in [5, 5.41) is 15.5. The highest BCUT2D eigenvalue weighted by Crippen LogP contribution is 2.30. The molecule has 0 fully saturated rings. The van der Waals surface area contributed by atoms with Crippen LogP contribution < -0.4 is 4.74 Å². The van der Waals surface area contributed by atoms with E-state index in [-0.39, 0.29) is 18.2 Å². The fourth-order valence-electron chi connectivity index (χ4n) is 2.49. The van der Waals surface area contributed by atoms with Gasteiger partial charge in [-0.1, -0.05) is 28.4 Å². The molecule has 0 saturated carbocycles. The first-order chi connectivity index (χ1) is 14.0. The molecule has 2 heterocycles. The Morgan fingerprint density at radius 1 is 1.07 bits per heavy atom. The molecule has 0 saturated heterocycles. The molecule has 0 unspecified atom stereocenters.